The zero-order chi connectivity index (χ0) is 72.0. The van der Waals surface area contributed by atoms with Crippen molar-refractivity contribution in [2.45, 2.75) is 179 Å². The molecule has 3 amide bonds. The molecule has 0 bridgehead atoms. The van der Waals surface area contributed by atoms with Crippen LogP contribution in [0.1, 0.15) is 180 Å². The summed E-state index contributed by atoms with van der Waals surface area (Å²) in [4.78, 5) is 99.6. The molecule has 98 heavy (non-hydrogen) atoms. The van der Waals surface area contributed by atoms with E-state index >= 15 is 0 Å². The van der Waals surface area contributed by atoms with Crippen molar-refractivity contribution in [3.63, 3.8) is 0 Å². The number of benzene rings is 6. The summed E-state index contributed by atoms with van der Waals surface area (Å²) >= 11 is 4.96. The number of halogens is 6. The second-order valence-electron chi connectivity index (χ2n) is 26.7. The number of nitrogens with one attached hydrogen (secondary N) is 3. The lowest BCUT2D eigenvalue weighted by atomic mass is 9.82. The van der Waals surface area contributed by atoms with Crippen LogP contribution in [0.4, 0.5) is 36.3 Å². The van der Waals surface area contributed by atoms with E-state index in [4.69, 9.17) is 30.2 Å². The van der Waals surface area contributed by atoms with Gasteiger partial charge in [0, 0.05) is 36.6 Å². The quantitative estimate of drug-likeness (QED) is 0.0214. The van der Waals surface area contributed by atoms with Gasteiger partial charge in [0.05, 0.1) is 40.6 Å². The van der Waals surface area contributed by atoms with Crippen LogP contribution >= 0.6 is 11.6 Å². The summed E-state index contributed by atoms with van der Waals surface area (Å²) < 4.78 is 88.3. The van der Waals surface area contributed by atoms with Gasteiger partial charge in [-0.2, -0.15) is 0 Å². The zero-order valence-corrected chi connectivity index (χ0v) is 57.6. The molecular weight excluding hydrogens is 1290 g/mol. The molecule has 6 aromatic carbocycles. The summed E-state index contributed by atoms with van der Waals surface area (Å²) in [5, 5.41) is 7.46. The van der Waals surface area contributed by atoms with Crippen molar-refractivity contribution in [3.05, 3.63) is 224 Å². The first-order valence-corrected chi connectivity index (χ1v) is 31.7. The van der Waals surface area contributed by atoms with E-state index in [1.54, 1.807) is 106 Å². The van der Waals surface area contributed by atoms with Crippen molar-refractivity contribution in [2.75, 3.05) is 0 Å². The SMILES string of the molecule is C.C.CC(C)[C@@H](NC(=O)OC(C)(C)C)C(=O)C(Cc1ccccc1)C(=O)c1ccc(F)cc1F.CC(C)[C@@H](NC(=O)OC(C)(C)C)C(=O)CCc1ccccc1.CC(C)[C@@H](NC(=O)OC(C)(C)C)c1oc2cc(F)ccc2c(=O)c1Cc1ccccc1.O=C(Cl)c1ccc(F)cc1F. The van der Waals surface area contributed by atoms with Crippen LogP contribution in [0.5, 0.6) is 0 Å². The van der Waals surface area contributed by atoms with Crippen molar-refractivity contribution in [2.24, 2.45) is 23.7 Å². The number of rotatable bonds is 20. The number of alkyl carbamates (subject to hydrolysis) is 3. The van der Waals surface area contributed by atoms with Crippen molar-refractivity contribution in [1.29, 1.82) is 0 Å². The highest BCUT2D eigenvalue weighted by atomic mass is 35.5. The molecule has 1 aromatic heterocycles. The van der Waals surface area contributed by atoms with Crippen molar-refractivity contribution in [1.82, 2.24) is 16.0 Å². The summed E-state index contributed by atoms with van der Waals surface area (Å²) in [5.41, 5.74) is 0.378. The molecule has 0 radical (unpaired) electrons. The van der Waals surface area contributed by atoms with E-state index in [2.05, 4.69) is 16.0 Å². The first kappa shape index (κ1) is 85.0. The number of hydrogen-bond acceptors (Lipinski definition) is 12. The van der Waals surface area contributed by atoms with Gasteiger partial charge in [0.25, 0.3) is 5.24 Å². The third kappa shape index (κ3) is 28.6. The summed E-state index contributed by atoms with van der Waals surface area (Å²) in [6.07, 6.45) is -0.525. The molecule has 21 heteroatoms. The minimum Gasteiger partial charge on any atom is -0.458 e. The van der Waals surface area contributed by atoms with Gasteiger partial charge in [-0.15, -0.1) is 0 Å². The topological polar surface area (TPSA) is 213 Å². The molecule has 0 fully saturated rings. The van der Waals surface area contributed by atoms with Crippen LogP contribution in [0.25, 0.3) is 11.0 Å². The van der Waals surface area contributed by atoms with Gasteiger partial charge in [0.2, 0.25) is 0 Å². The molecule has 7 aromatic rings. The first-order chi connectivity index (χ1) is 44.7. The van der Waals surface area contributed by atoms with E-state index < -0.39 is 105 Å². The molecule has 7 rings (SSSR count). The summed E-state index contributed by atoms with van der Waals surface area (Å²) in [6.45, 7) is 26.9. The highest BCUT2D eigenvalue weighted by Gasteiger charge is 2.38. The fraction of sp³-hybridized carbons (Fsp3) is 0.403. The third-order valence-electron chi connectivity index (χ3n) is 13.9. The summed E-state index contributed by atoms with van der Waals surface area (Å²) in [7, 11) is 0. The lowest BCUT2D eigenvalue weighted by Gasteiger charge is -2.27. The van der Waals surface area contributed by atoms with Crippen LogP contribution in [-0.4, -0.2) is 69.8 Å². The fourth-order valence-electron chi connectivity index (χ4n) is 9.45. The molecule has 0 saturated heterocycles. The molecule has 0 spiro atoms. The van der Waals surface area contributed by atoms with Gasteiger partial charge in [-0.25, -0.2) is 36.3 Å². The molecule has 3 N–H and O–H groups in total. The minimum absolute atomic E-state index is 0. The summed E-state index contributed by atoms with van der Waals surface area (Å²) in [5.74, 6) is -6.76. The average Bonchev–Trinajstić information content (AvgIpc) is 0.776. The number of carbonyl (C=O) groups excluding carboxylic acids is 7. The van der Waals surface area contributed by atoms with E-state index in [0.29, 0.717) is 53.7 Å². The Kier molecular flexibility index (Phi) is 33.7. The molecule has 0 aliphatic rings. The average molecular weight is 1390 g/mol. The van der Waals surface area contributed by atoms with E-state index in [0.717, 1.165) is 35.4 Å². The van der Waals surface area contributed by atoms with E-state index in [-0.39, 0.29) is 66.9 Å². The van der Waals surface area contributed by atoms with Crippen LogP contribution in [0, 0.1) is 52.8 Å². The summed E-state index contributed by atoms with van der Waals surface area (Å²) in [6, 6.07) is 35.1. The Morgan fingerprint density at radius 3 is 1.34 bits per heavy atom. The normalized spacial score (nSPS) is 12.4. The lowest BCUT2D eigenvalue weighted by Crippen LogP contribution is -2.50. The van der Waals surface area contributed by atoms with E-state index in [9.17, 15) is 60.3 Å². The van der Waals surface area contributed by atoms with Crippen molar-refractivity contribution in [3.8, 4) is 0 Å². The Balaban J connectivity index is 0.000000465. The Morgan fingerprint density at radius 1 is 0.500 bits per heavy atom. The standard InChI is InChI=1S/C25H29F2NO4.C25H28FNO4.C18H27NO3.C7H3ClF2O.2CH4/c1-15(2)21(28-24(31)32-25(3,4)5)23(30)19(13-16-9-7-6-8-10-16)22(29)18-12-11-17(26)14-20(18)27;1-15(2)21(27-24(29)31-25(3,4)5)23-19(13-16-9-7-6-8-10-16)22(28)18-12-11-17(26)14-20(18)30-23;1-13(2)16(19-17(21)22-18(3,4)5)15(20)12-11-14-9-7-6-8-10-14;8-7(11)5-2-1-4(9)3-6(5)10;;/h6-12,14-15,19,21H,13H2,1-5H3,(H,28,31);6-12,14-15,21H,13H2,1-5H3,(H,27,29);6-10,13,16H,11-12H2,1-5H3,(H,19,21);1-3H;2*1H4/t19?,21-;21-;16-;;;/m111.../s1. The number of carbonyl (C=O) groups is 7. The largest absolute Gasteiger partial charge is 0.458 e. The Morgan fingerprint density at radius 2 is 0.908 bits per heavy atom. The third-order valence-corrected chi connectivity index (χ3v) is 14.1. The molecule has 1 heterocycles. The first-order valence-electron chi connectivity index (χ1n) is 31.3. The molecular formula is C77H95ClF5N3O12. The smallest absolute Gasteiger partial charge is 0.408 e. The lowest BCUT2D eigenvalue weighted by molar-refractivity contribution is -0.124. The van der Waals surface area contributed by atoms with E-state index in [1.807, 2.05) is 88.4 Å². The maximum atomic E-state index is 14.4. The Labute approximate surface area is 578 Å². The van der Waals surface area contributed by atoms with Crippen molar-refractivity contribution >= 4 is 63.4 Å². The number of hydrogen-bond donors (Lipinski definition) is 3. The molecule has 0 aliphatic heterocycles. The van der Waals surface area contributed by atoms with Crippen LogP contribution in [0.3, 0.4) is 0 Å². The number of ketones is 3. The molecule has 532 valence electrons. The molecule has 4 atom stereocenters. The number of fused-ring (bicyclic) bond motifs is 1. The fourth-order valence-corrected chi connectivity index (χ4v) is 9.60. The number of aryl methyl sites for hydroxylation is 1. The predicted molar refractivity (Wildman–Crippen MR) is 374 cm³/mol. The molecule has 0 saturated carbocycles. The van der Waals surface area contributed by atoms with Gasteiger partial charge >= 0.3 is 18.3 Å². The monoisotopic (exact) mass is 1380 g/mol. The van der Waals surface area contributed by atoms with Gasteiger partial charge in [0.1, 0.15) is 57.2 Å². The number of ether oxygens (including phenoxy) is 3. The highest BCUT2D eigenvalue weighted by molar-refractivity contribution is 6.67. The van der Waals surface area contributed by atoms with Gasteiger partial charge < -0.3 is 34.6 Å². The number of Topliss-reactive ketones (excluding diaryl/α,β-unsaturated/α-hetero) is 3. The number of amides is 3. The second kappa shape index (κ2) is 38.8. The molecule has 1 unspecified atom stereocenters. The van der Waals surface area contributed by atoms with Crippen LogP contribution in [0.2, 0.25) is 0 Å². The molecule has 15 nitrogen and oxygen atoms in total. The Bertz CT molecular complexity index is 3830. The van der Waals surface area contributed by atoms with Crippen molar-refractivity contribution < 1.29 is 74.1 Å². The van der Waals surface area contributed by atoms with Crippen LogP contribution < -0.4 is 21.4 Å². The Hall–Kier alpha value is -9.04. The van der Waals surface area contributed by atoms with Crippen LogP contribution in [-0.2, 0) is 43.1 Å². The zero-order valence-electron chi connectivity index (χ0n) is 56.9. The van der Waals surface area contributed by atoms with Gasteiger partial charge in [-0.1, -0.05) is 147 Å². The predicted octanol–water partition coefficient (Wildman–Crippen LogP) is 18.2. The van der Waals surface area contributed by atoms with Gasteiger partial charge in [-0.05, 0) is 158 Å². The molecule has 0 aliphatic carbocycles. The minimum atomic E-state index is -1.28. The van der Waals surface area contributed by atoms with E-state index in [1.165, 1.54) is 18.2 Å². The second-order valence-corrected chi connectivity index (χ2v) is 27.0. The van der Waals surface area contributed by atoms with Gasteiger partial charge in [0.15, 0.2) is 22.8 Å². The van der Waals surface area contributed by atoms with Gasteiger partial charge in [-0.3, -0.25) is 24.0 Å². The maximum absolute atomic E-state index is 14.4. The van der Waals surface area contributed by atoms with Crippen LogP contribution in [0.15, 0.2) is 155 Å². The maximum Gasteiger partial charge on any atom is 0.408 e. The highest BCUT2D eigenvalue weighted by Crippen LogP contribution is 2.30.